The third kappa shape index (κ3) is 8.86. The van der Waals surface area contributed by atoms with Crippen molar-refractivity contribution in [2.75, 3.05) is 17.2 Å². The summed E-state index contributed by atoms with van der Waals surface area (Å²) in [6, 6.07) is 23.7. The van der Waals surface area contributed by atoms with E-state index in [-0.39, 0.29) is 28.5 Å². The van der Waals surface area contributed by atoms with Crippen molar-refractivity contribution in [1.29, 1.82) is 0 Å². The molecule has 2 aliphatic rings. The van der Waals surface area contributed by atoms with E-state index in [1.807, 2.05) is 86.6 Å². The number of hydrogen-bond donors (Lipinski definition) is 4. The average Bonchev–Trinajstić information content (AvgIpc) is 3.71. The summed E-state index contributed by atoms with van der Waals surface area (Å²) >= 11 is 0. The largest absolute Gasteiger partial charge is 0.491 e. The number of nitrogens with one attached hydrogen (secondary N) is 4. The Morgan fingerprint density at radius 3 is 1.55 bits per heavy atom. The minimum absolute atomic E-state index is 0.0219. The fraction of sp³-hybridized carbons (Fsp3) is 0.333. The molecule has 2 aromatic carbocycles. The smallest absolute Gasteiger partial charge is 0.167 e. The highest BCUT2D eigenvalue weighted by molar-refractivity contribution is 6.09. The van der Waals surface area contributed by atoms with Crippen molar-refractivity contribution in [1.82, 2.24) is 19.9 Å². The van der Waals surface area contributed by atoms with Crippen molar-refractivity contribution in [2.24, 2.45) is 10.8 Å². The van der Waals surface area contributed by atoms with Gasteiger partial charge in [0.25, 0.3) is 0 Å². The Balaban J connectivity index is 0.000000177. The van der Waals surface area contributed by atoms with Crippen molar-refractivity contribution in [3.63, 3.8) is 0 Å². The molecule has 10 nitrogen and oxygen atoms in total. The van der Waals surface area contributed by atoms with Crippen LogP contribution in [0.1, 0.15) is 99.8 Å². The van der Waals surface area contributed by atoms with Gasteiger partial charge in [-0.15, -0.1) is 0 Å². The number of carbonyl (C=O) groups is 2. The minimum atomic E-state index is -0.0638. The maximum atomic E-state index is 13.1. The fourth-order valence-electron chi connectivity index (χ4n) is 7.95. The molecule has 4 N–H and O–H groups in total. The van der Waals surface area contributed by atoms with Gasteiger partial charge in [0.1, 0.15) is 11.5 Å². The Labute approximate surface area is 341 Å². The number of pyridine rings is 2. The van der Waals surface area contributed by atoms with Gasteiger partial charge in [-0.2, -0.15) is 0 Å². The quantitative estimate of drug-likeness (QED) is 0.102. The molecule has 4 heterocycles. The summed E-state index contributed by atoms with van der Waals surface area (Å²) < 4.78 is 12.0. The van der Waals surface area contributed by atoms with E-state index in [0.29, 0.717) is 25.2 Å². The molecule has 10 heteroatoms. The van der Waals surface area contributed by atoms with Crippen LogP contribution in [-0.4, -0.2) is 44.2 Å². The van der Waals surface area contributed by atoms with Crippen LogP contribution in [-0.2, 0) is 12.8 Å². The first-order chi connectivity index (χ1) is 27.8. The lowest BCUT2D eigenvalue weighted by Crippen LogP contribution is -2.26. The van der Waals surface area contributed by atoms with Gasteiger partial charge >= 0.3 is 0 Å². The van der Waals surface area contributed by atoms with E-state index in [1.165, 1.54) is 0 Å². The van der Waals surface area contributed by atoms with Gasteiger partial charge in [-0.25, -0.2) is 0 Å². The number of rotatable bonds is 11. The monoisotopic (exact) mass is 778 g/mol. The third-order valence-corrected chi connectivity index (χ3v) is 10.3. The Kier molecular flexibility index (Phi) is 11.6. The summed E-state index contributed by atoms with van der Waals surface area (Å²) in [7, 11) is 0. The van der Waals surface area contributed by atoms with E-state index in [0.717, 1.165) is 92.8 Å². The van der Waals surface area contributed by atoms with Crippen LogP contribution in [0, 0.1) is 10.8 Å². The molecule has 0 bridgehead atoms. The van der Waals surface area contributed by atoms with E-state index in [1.54, 1.807) is 24.8 Å². The minimum Gasteiger partial charge on any atom is -0.491 e. The number of ether oxygens (including phenoxy) is 2. The third-order valence-electron chi connectivity index (χ3n) is 10.3. The molecule has 0 unspecified atom stereocenters. The highest BCUT2D eigenvalue weighted by Gasteiger charge is 2.37. The number of ketones is 2. The molecule has 6 aromatic rings. The fourth-order valence-corrected chi connectivity index (χ4v) is 7.95. The Morgan fingerprint density at radius 2 is 1.10 bits per heavy atom. The number of hydrogen-bond acceptors (Lipinski definition) is 8. The Hall–Kier alpha value is -6.16. The number of nitrogens with zero attached hydrogens (tertiary/aromatic N) is 2. The molecule has 0 radical (unpaired) electrons. The van der Waals surface area contributed by atoms with Gasteiger partial charge in [-0.05, 0) is 80.3 Å². The zero-order valence-electron chi connectivity index (χ0n) is 34.6. The standard InChI is InChI=1S/2C24H27N3O2/c1-15(2)29-20-14-25-11-10-17(20)22-23(26-16-8-6-5-7-9-16)21-18(27-22)12-24(3,4)13-19(21)28;1-4-12-29-20-15-25-11-10-17(20)22-23(26-16-8-6-5-7-9-16)21-18(27-22)13-24(2,3)14-19(21)28/h5-11,14-15,26-27H,12-13H2,1-4H3;5-11,15,26-27H,4,12-14H2,1-3H3. The first-order valence-electron chi connectivity index (χ1n) is 20.2. The van der Waals surface area contributed by atoms with Gasteiger partial charge in [0.2, 0.25) is 0 Å². The van der Waals surface area contributed by atoms with Crippen LogP contribution in [0.15, 0.2) is 97.6 Å². The van der Waals surface area contributed by atoms with Crippen molar-refractivity contribution in [3.8, 4) is 34.0 Å². The van der Waals surface area contributed by atoms with Crippen molar-refractivity contribution in [3.05, 3.63) is 120 Å². The van der Waals surface area contributed by atoms with Crippen LogP contribution < -0.4 is 20.1 Å². The zero-order chi connectivity index (χ0) is 41.0. The summed E-state index contributed by atoms with van der Waals surface area (Å²) in [6.45, 7) is 15.2. The summed E-state index contributed by atoms with van der Waals surface area (Å²) in [4.78, 5) is 41.8. The molecule has 0 saturated carbocycles. The lowest BCUT2D eigenvalue weighted by Gasteiger charge is -2.28. The molecule has 300 valence electrons. The molecule has 0 spiro atoms. The zero-order valence-corrected chi connectivity index (χ0v) is 34.6. The molecule has 0 fully saturated rings. The molecule has 4 aromatic heterocycles. The van der Waals surface area contributed by atoms with Crippen LogP contribution in [0.4, 0.5) is 22.7 Å². The SMILES string of the molecule is CC(C)Oc1cnccc1-c1[nH]c2c(c1Nc1ccccc1)C(=O)CC(C)(C)C2.CCCOc1cnccc1-c1[nH]c2c(c1Nc1ccccc1)C(=O)CC(C)(C)C2. The predicted molar refractivity (Wildman–Crippen MR) is 232 cm³/mol. The van der Waals surface area contributed by atoms with E-state index in [4.69, 9.17) is 9.47 Å². The number of aromatic amines is 2. The number of carbonyl (C=O) groups excluding carboxylic acids is 2. The number of fused-ring (bicyclic) bond motifs is 2. The van der Waals surface area contributed by atoms with Crippen LogP contribution >= 0.6 is 0 Å². The molecular formula is C48H54N6O4. The Morgan fingerprint density at radius 1 is 0.655 bits per heavy atom. The van der Waals surface area contributed by atoms with E-state index in [2.05, 4.69) is 65.2 Å². The van der Waals surface area contributed by atoms with Crippen LogP contribution in [0.3, 0.4) is 0 Å². The first kappa shape index (κ1) is 40.1. The average molecular weight is 779 g/mol. The topological polar surface area (TPSA) is 134 Å². The maximum Gasteiger partial charge on any atom is 0.167 e. The van der Waals surface area contributed by atoms with Gasteiger partial charge in [0.15, 0.2) is 11.6 Å². The van der Waals surface area contributed by atoms with Gasteiger partial charge in [-0.3, -0.25) is 19.6 Å². The van der Waals surface area contributed by atoms with Crippen LogP contribution in [0.5, 0.6) is 11.5 Å². The number of anilines is 4. The highest BCUT2D eigenvalue weighted by Crippen LogP contribution is 2.46. The summed E-state index contributed by atoms with van der Waals surface area (Å²) in [6.07, 6.45) is 10.6. The highest BCUT2D eigenvalue weighted by atomic mass is 16.5. The number of benzene rings is 2. The normalized spacial score (nSPS) is 15.2. The van der Waals surface area contributed by atoms with Gasteiger partial charge < -0.3 is 30.1 Å². The van der Waals surface area contributed by atoms with Crippen LogP contribution in [0.2, 0.25) is 0 Å². The number of H-pyrrole nitrogens is 2. The van der Waals surface area contributed by atoms with Gasteiger partial charge in [0.05, 0.1) is 59.0 Å². The number of para-hydroxylation sites is 2. The molecule has 0 saturated heterocycles. The maximum absolute atomic E-state index is 13.1. The first-order valence-corrected chi connectivity index (χ1v) is 20.2. The summed E-state index contributed by atoms with van der Waals surface area (Å²) in [5, 5.41) is 6.98. The van der Waals surface area contributed by atoms with Gasteiger partial charge in [0, 0.05) is 59.1 Å². The number of Topliss-reactive ketones (excluding diaryl/α,β-unsaturated/α-hetero) is 2. The summed E-state index contributed by atoms with van der Waals surface area (Å²) in [5.41, 5.74) is 10.4. The Bertz CT molecular complexity index is 2390. The molecular weight excluding hydrogens is 725 g/mol. The molecule has 0 atom stereocenters. The molecule has 58 heavy (non-hydrogen) atoms. The van der Waals surface area contributed by atoms with Gasteiger partial charge in [-0.1, -0.05) is 71.0 Å². The second kappa shape index (κ2) is 16.7. The van der Waals surface area contributed by atoms with E-state index in [9.17, 15) is 9.59 Å². The molecule has 8 rings (SSSR count). The second-order valence-corrected chi connectivity index (χ2v) is 17.1. The summed E-state index contributed by atoms with van der Waals surface area (Å²) in [5.74, 6) is 1.75. The van der Waals surface area contributed by atoms with E-state index < -0.39 is 0 Å². The van der Waals surface area contributed by atoms with Crippen LogP contribution in [0.25, 0.3) is 22.5 Å². The van der Waals surface area contributed by atoms with Crippen molar-refractivity contribution in [2.45, 2.75) is 86.7 Å². The second-order valence-electron chi connectivity index (χ2n) is 17.1. The predicted octanol–water partition coefficient (Wildman–Crippen LogP) is 11.5. The lowest BCUT2D eigenvalue weighted by molar-refractivity contribution is 0.0903. The lowest BCUT2D eigenvalue weighted by atomic mass is 9.76. The number of aromatic nitrogens is 4. The van der Waals surface area contributed by atoms with E-state index >= 15 is 0 Å². The molecule has 0 aliphatic heterocycles. The molecule has 2 aliphatic carbocycles. The van der Waals surface area contributed by atoms with Crippen molar-refractivity contribution >= 4 is 34.3 Å². The van der Waals surface area contributed by atoms with Crippen molar-refractivity contribution < 1.29 is 19.1 Å². The molecule has 0 amide bonds.